The van der Waals surface area contributed by atoms with Gasteiger partial charge in [-0.3, -0.25) is 4.79 Å². The molecule has 1 N–H and O–H groups in total. The van der Waals surface area contributed by atoms with Crippen LogP contribution in [0.4, 0.5) is 0 Å². The van der Waals surface area contributed by atoms with Crippen molar-refractivity contribution in [2.75, 3.05) is 26.2 Å². The quantitative estimate of drug-likeness (QED) is 0.549. The van der Waals surface area contributed by atoms with Crippen molar-refractivity contribution in [3.8, 4) is 5.75 Å². The van der Waals surface area contributed by atoms with Gasteiger partial charge in [-0.15, -0.1) is 0 Å². The number of aryl methyl sites for hydroxylation is 2. The predicted octanol–water partition coefficient (Wildman–Crippen LogP) is 4.35. The Morgan fingerprint density at radius 1 is 1.16 bits per heavy atom. The minimum Gasteiger partial charge on any atom is -0.492 e. The van der Waals surface area contributed by atoms with E-state index < -0.39 is 15.9 Å². The molecule has 1 aliphatic heterocycles. The fourth-order valence-electron chi connectivity index (χ4n) is 3.86. The Labute approximate surface area is 199 Å². The molecule has 0 spiro atoms. The highest BCUT2D eigenvalue weighted by Gasteiger charge is 2.33. The number of amides is 1. The summed E-state index contributed by atoms with van der Waals surface area (Å²) in [7, 11) is -3.66. The number of nitrogens with zero attached hydrogens (tertiary/aromatic N) is 1. The molecule has 1 heterocycles. The number of hydrogen-bond donors (Lipinski definition) is 1. The van der Waals surface area contributed by atoms with Gasteiger partial charge in [0.1, 0.15) is 12.4 Å². The lowest BCUT2D eigenvalue weighted by molar-refractivity contribution is -0.126. The van der Waals surface area contributed by atoms with Gasteiger partial charge in [0.2, 0.25) is 15.9 Å². The van der Waals surface area contributed by atoms with Gasteiger partial charge in [-0.2, -0.15) is 0 Å². The van der Waals surface area contributed by atoms with E-state index in [1.54, 1.807) is 18.2 Å². The third kappa shape index (κ3) is 6.61. The number of sulfonamides is 1. The molecule has 0 aromatic heterocycles. The molecule has 3 rings (SSSR count). The maximum absolute atomic E-state index is 13.0. The Kier molecular flexibility index (Phi) is 8.44. The summed E-state index contributed by atoms with van der Waals surface area (Å²) in [6.07, 6.45) is 1.26. The van der Waals surface area contributed by atoms with Crippen molar-refractivity contribution in [3.63, 3.8) is 0 Å². The van der Waals surface area contributed by atoms with Gasteiger partial charge in [0.05, 0.1) is 18.2 Å². The number of carbonyl (C=O) groups is 1. The Balaban J connectivity index is 1.52. The number of benzene rings is 2. The molecule has 0 aliphatic carbocycles. The number of ether oxygens (including phenoxy) is 1. The molecule has 2 aromatic carbocycles. The maximum atomic E-state index is 13.0. The standard InChI is InChI=1S/C23H28Cl2N2O4S/c1-16-11-17(2)13-19(12-16)31-10-8-26-23(28)18-5-4-9-27(14-18)32(29,30)15-20-21(24)6-3-7-22(20)25/h3,6-7,11-13,18H,4-5,8-10,14-15H2,1-2H3,(H,26,28). The topological polar surface area (TPSA) is 75.7 Å². The third-order valence-electron chi connectivity index (χ3n) is 5.40. The molecule has 2 aromatic rings. The number of halogens is 2. The van der Waals surface area contributed by atoms with Crippen molar-refractivity contribution in [1.82, 2.24) is 9.62 Å². The lowest BCUT2D eigenvalue weighted by Gasteiger charge is -2.31. The zero-order valence-electron chi connectivity index (χ0n) is 18.2. The molecular formula is C23H28Cl2N2O4S. The second-order valence-corrected chi connectivity index (χ2v) is 10.9. The van der Waals surface area contributed by atoms with Crippen molar-refractivity contribution in [3.05, 3.63) is 63.1 Å². The highest BCUT2D eigenvalue weighted by Crippen LogP contribution is 2.29. The van der Waals surface area contributed by atoms with Gasteiger partial charge in [-0.25, -0.2) is 12.7 Å². The van der Waals surface area contributed by atoms with E-state index in [0.717, 1.165) is 16.9 Å². The Bertz CT molecular complexity index is 1040. The normalized spacial score (nSPS) is 17.2. The summed E-state index contributed by atoms with van der Waals surface area (Å²) >= 11 is 12.3. The molecule has 174 valence electrons. The molecule has 0 radical (unpaired) electrons. The molecule has 1 unspecified atom stereocenters. The lowest BCUT2D eigenvalue weighted by Crippen LogP contribution is -2.46. The fourth-order valence-corrected chi connectivity index (χ4v) is 6.22. The lowest BCUT2D eigenvalue weighted by atomic mass is 9.99. The van der Waals surface area contributed by atoms with Crippen molar-refractivity contribution >= 4 is 39.1 Å². The third-order valence-corrected chi connectivity index (χ3v) is 7.88. The molecule has 9 heteroatoms. The second kappa shape index (κ2) is 10.9. The zero-order valence-corrected chi connectivity index (χ0v) is 20.6. The van der Waals surface area contributed by atoms with E-state index in [1.807, 2.05) is 26.0 Å². The van der Waals surface area contributed by atoms with Gasteiger partial charge in [0, 0.05) is 28.7 Å². The molecule has 0 saturated carbocycles. The highest BCUT2D eigenvalue weighted by atomic mass is 35.5. The van der Waals surface area contributed by atoms with Crippen LogP contribution in [0.2, 0.25) is 10.0 Å². The molecule has 1 fully saturated rings. The summed E-state index contributed by atoms with van der Waals surface area (Å²) in [5.41, 5.74) is 2.61. The smallest absolute Gasteiger partial charge is 0.224 e. The monoisotopic (exact) mass is 498 g/mol. The first-order chi connectivity index (χ1) is 15.2. The van der Waals surface area contributed by atoms with Crippen LogP contribution in [0.15, 0.2) is 36.4 Å². The number of carbonyl (C=O) groups excluding carboxylic acids is 1. The number of piperidine rings is 1. The average molecular weight is 499 g/mol. The molecule has 6 nitrogen and oxygen atoms in total. The minimum atomic E-state index is -3.66. The summed E-state index contributed by atoms with van der Waals surface area (Å²) in [5, 5.41) is 3.50. The second-order valence-electron chi connectivity index (χ2n) is 8.12. The van der Waals surface area contributed by atoms with E-state index in [9.17, 15) is 13.2 Å². The van der Waals surface area contributed by atoms with Crippen molar-refractivity contribution in [2.45, 2.75) is 32.4 Å². The van der Waals surface area contributed by atoms with Gasteiger partial charge in [0.25, 0.3) is 0 Å². The first kappa shape index (κ1) is 24.8. The van der Waals surface area contributed by atoms with Crippen LogP contribution >= 0.6 is 23.2 Å². The maximum Gasteiger partial charge on any atom is 0.224 e. The number of hydrogen-bond acceptors (Lipinski definition) is 4. The summed E-state index contributed by atoms with van der Waals surface area (Å²) in [5.74, 6) is -0.0834. The van der Waals surface area contributed by atoms with Crippen LogP contribution in [0.1, 0.15) is 29.5 Å². The van der Waals surface area contributed by atoms with E-state index in [2.05, 4.69) is 11.4 Å². The number of nitrogens with one attached hydrogen (secondary N) is 1. The average Bonchev–Trinajstić information content (AvgIpc) is 2.73. The largest absolute Gasteiger partial charge is 0.492 e. The first-order valence-corrected chi connectivity index (χ1v) is 12.9. The van der Waals surface area contributed by atoms with Crippen molar-refractivity contribution < 1.29 is 17.9 Å². The van der Waals surface area contributed by atoms with E-state index in [1.165, 1.54) is 4.31 Å². The molecule has 0 bridgehead atoms. The van der Waals surface area contributed by atoms with Crippen LogP contribution in [0, 0.1) is 19.8 Å². The Hall–Kier alpha value is -1.80. The highest BCUT2D eigenvalue weighted by molar-refractivity contribution is 7.88. The van der Waals surface area contributed by atoms with Gasteiger partial charge in [0.15, 0.2) is 0 Å². The fraction of sp³-hybridized carbons (Fsp3) is 0.435. The Morgan fingerprint density at radius 2 is 1.81 bits per heavy atom. The van der Waals surface area contributed by atoms with Crippen molar-refractivity contribution in [2.24, 2.45) is 5.92 Å². The minimum absolute atomic E-state index is 0.147. The summed E-state index contributed by atoms with van der Waals surface area (Å²) in [6.45, 7) is 5.23. The molecule has 1 atom stereocenters. The predicted molar refractivity (Wildman–Crippen MR) is 128 cm³/mol. The molecule has 1 saturated heterocycles. The summed E-state index contributed by atoms with van der Waals surface area (Å²) in [6, 6.07) is 10.9. The van der Waals surface area contributed by atoms with Gasteiger partial charge < -0.3 is 10.1 Å². The SMILES string of the molecule is Cc1cc(C)cc(OCCNC(=O)C2CCCN(S(=O)(=O)Cc3c(Cl)cccc3Cl)C2)c1. The van der Waals surface area contributed by atoms with Crippen molar-refractivity contribution in [1.29, 1.82) is 0 Å². The molecular weight excluding hydrogens is 471 g/mol. The van der Waals surface area contributed by atoms with Crippen LogP contribution in [0.5, 0.6) is 5.75 Å². The van der Waals surface area contributed by atoms with Gasteiger partial charge >= 0.3 is 0 Å². The van der Waals surface area contributed by atoms with E-state index >= 15 is 0 Å². The van der Waals surface area contributed by atoms with E-state index in [4.69, 9.17) is 27.9 Å². The summed E-state index contributed by atoms with van der Waals surface area (Å²) in [4.78, 5) is 12.6. The van der Waals surface area contributed by atoms with Gasteiger partial charge in [-0.1, -0.05) is 35.3 Å². The molecule has 1 amide bonds. The van der Waals surface area contributed by atoms with Crippen LogP contribution in [-0.4, -0.2) is 44.9 Å². The van der Waals surface area contributed by atoms with E-state index in [0.29, 0.717) is 48.1 Å². The van der Waals surface area contributed by atoms with E-state index in [-0.39, 0.29) is 18.2 Å². The van der Waals surface area contributed by atoms with Crippen LogP contribution in [-0.2, 0) is 20.6 Å². The molecule has 32 heavy (non-hydrogen) atoms. The van der Waals surface area contributed by atoms with Crippen LogP contribution in [0.25, 0.3) is 0 Å². The first-order valence-electron chi connectivity index (χ1n) is 10.6. The van der Waals surface area contributed by atoms with Crippen LogP contribution < -0.4 is 10.1 Å². The van der Waals surface area contributed by atoms with Crippen LogP contribution in [0.3, 0.4) is 0 Å². The zero-order chi connectivity index (χ0) is 23.3. The van der Waals surface area contributed by atoms with Gasteiger partial charge in [-0.05, 0) is 62.1 Å². The summed E-state index contributed by atoms with van der Waals surface area (Å²) < 4.78 is 33.0. The molecule has 1 aliphatic rings. The number of rotatable bonds is 8. The Morgan fingerprint density at radius 3 is 2.47 bits per heavy atom.